The van der Waals surface area contributed by atoms with Gasteiger partial charge in [0.1, 0.15) is 0 Å². The van der Waals surface area contributed by atoms with Crippen LogP contribution in [0, 0.1) is 0 Å². The van der Waals surface area contributed by atoms with Crippen molar-refractivity contribution in [2.45, 2.75) is 18.9 Å². The Labute approximate surface area is 115 Å². The molecular weight excluding hydrogens is 256 g/mol. The van der Waals surface area contributed by atoms with Crippen molar-refractivity contribution in [1.82, 2.24) is 15.0 Å². The fourth-order valence-corrected chi connectivity index (χ4v) is 3.00. The van der Waals surface area contributed by atoms with Crippen LogP contribution in [0.1, 0.15) is 23.6 Å². The predicted octanol–water partition coefficient (Wildman–Crippen LogP) is 2.53. The van der Waals surface area contributed by atoms with Gasteiger partial charge < -0.3 is 0 Å². The molecule has 3 aromatic heterocycles. The van der Waals surface area contributed by atoms with Crippen molar-refractivity contribution in [3.05, 3.63) is 58.5 Å². The van der Waals surface area contributed by atoms with Gasteiger partial charge in [0.2, 0.25) is 0 Å². The molecule has 0 saturated heterocycles. The Morgan fingerprint density at radius 3 is 3.11 bits per heavy atom. The Morgan fingerprint density at radius 2 is 2.32 bits per heavy atom. The minimum Gasteiger partial charge on any atom is -0.271 e. The molecule has 19 heavy (non-hydrogen) atoms. The number of nitrogens with one attached hydrogen (secondary N) is 1. The van der Waals surface area contributed by atoms with Gasteiger partial charge in [-0.25, -0.2) is 4.52 Å². The smallest absolute Gasteiger partial charge is 0.0709 e. The fraction of sp³-hybridized carbons (Fsp3) is 0.214. The van der Waals surface area contributed by atoms with E-state index in [0.717, 1.165) is 23.9 Å². The maximum Gasteiger partial charge on any atom is 0.0709 e. The van der Waals surface area contributed by atoms with Crippen molar-refractivity contribution in [2.24, 2.45) is 5.84 Å². The molecule has 4 nitrogen and oxygen atoms in total. The van der Waals surface area contributed by atoms with E-state index in [1.165, 1.54) is 5.56 Å². The molecule has 0 aliphatic carbocycles. The van der Waals surface area contributed by atoms with E-state index < -0.39 is 0 Å². The Balaban J connectivity index is 1.81. The summed E-state index contributed by atoms with van der Waals surface area (Å²) in [4.78, 5) is 0. The number of aromatic nitrogens is 2. The van der Waals surface area contributed by atoms with Gasteiger partial charge in [-0.15, -0.1) is 0 Å². The van der Waals surface area contributed by atoms with Crippen LogP contribution in [0.3, 0.4) is 0 Å². The Hall–Kier alpha value is -1.69. The number of hydrogen-bond donors (Lipinski definition) is 2. The lowest BCUT2D eigenvalue weighted by Gasteiger charge is -2.14. The molecule has 0 radical (unpaired) electrons. The van der Waals surface area contributed by atoms with Crippen molar-refractivity contribution in [3.63, 3.8) is 0 Å². The van der Waals surface area contributed by atoms with Crippen molar-refractivity contribution >= 4 is 16.9 Å². The number of nitrogens with two attached hydrogens (primary N) is 1. The summed E-state index contributed by atoms with van der Waals surface area (Å²) in [6.07, 6.45) is 5.82. The number of aryl methyl sites for hydroxylation is 1. The number of hydrogen-bond acceptors (Lipinski definition) is 4. The van der Waals surface area contributed by atoms with Gasteiger partial charge in [0.15, 0.2) is 0 Å². The lowest BCUT2D eigenvalue weighted by Crippen LogP contribution is -2.28. The number of rotatable bonds is 5. The van der Waals surface area contributed by atoms with Crippen molar-refractivity contribution in [2.75, 3.05) is 0 Å². The SMILES string of the molecule is NNC(CCc1ccsc1)c1cnn2ccccc12. The van der Waals surface area contributed by atoms with E-state index in [4.69, 9.17) is 5.84 Å². The predicted molar refractivity (Wildman–Crippen MR) is 77.9 cm³/mol. The van der Waals surface area contributed by atoms with E-state index in [1.807, 2.05) is 29.0 Å². The normalized spacial score (nSPS) is 12.9. The van der Waals surface area contributed by atoms with E-state index in [9.17, 15) is 0 Å². The van der Waals surface area contributed by atoms with Gasteiger partial charge in [0.25, 0.3) is 0 Å². The molecule has 5 heteroatoms. The first-order valence-electron chi connectivity index (χ1n) is 6.28. The molecular formula is C14H16N4S. The molecule has 3 rings (SSSR count). The van der Waals surface area contributed by atoms with Crippen molar-refractivity contribution < 1.29 is 0 Å². The van der Waals surface area contributed by atoms with Crippen LogP contribution in [0.4, 0.5) is 0 Å². The minimum absolute atomic E-state index is 0.125. The molecule has 3 aromatic rings. The second-order valence-electron chi connectivity index (χ2n) is 4.52. The molecule has 0 aromatic carbocycles. The quantitative estimate of drug-likeness (QED) is 0.554. The molecule has 0 fully saturated rings. The van der Waals surface area contributed by atoms with E-state index in [2.05, 4.69) is 33.4 Å². The summed E-state index contributed by atoms with van der Waals surface area (Å²) in [5.41, 5.74) is 6.53. The summed E-state index contributed by atoms with van der Waals surface area (Å²) in [7, 11) is 0. The summed E-state index contributed by atoms with van der Waals surface area (Å²) in [5, 5.41) is 8.65. The lowest BCUT2D eigenvalue weighted by atomic mass is 10.0. The van der Waals surface area contributed by atoms with Gasteiger partial charge in [-0.05, 0) is 47.4 Å². The van der Waals surface area contributed by atoms with Gasteiger partial charge in [-0.3, -0.25) is 11.3 Å². The topological polar surface area (TPSA) is 55.3 Å². The van der Waals surface area contributed by atoms with Crippen LogP contribution in [0.2, 0.25) is 0 Å². The zero-order valence-electron chi connectivity index (χ0n) is 10.5. The maximum atomic E-state index is 5.71. The van der Waals surface area contributed by atoms with Gasteiger partial charge in [-0.1, -0.05) is 6.07 Å². The highest BCUT2D eigenvalue weighted by Gasteiger charge is 2.14. The second-order valence-corrected chi connectivity index (χ2v) is 5.30. The average Bonchev–Trinajstić information content (AvgIpc) is 3.09. The molecule has 1 atom stereocenters. The van der Waals surface area contributed by atoms with Gasteiger partial charge >= 0.3 is 0 Å². The first kappa shape index (κ1) is 12.3. The maximum absolute atomic E-state index is 5.71. The van der Waals surface area contributed by atoms with Gasteiger partial charge in [-0.2, -0.15) is 16.4 Å². The van der Waals surface area contributed by atoms with Crippen LogP contribution in [-0.4, -0.2) is 9.61 Å². The summed E-state index contributed by atoms with van der Waals surface area (Å²) in [5.74, 6) is 5.71. The van der Waals surface area contributed by atoms with E-state index >= 15 is 0 Å². The number of nitrogens with zero attached hydrogens (tertiary/aromatic N) is 2. The third-order valence-corrected chi connectivity index (χ3v) is 4.07. The Morgan fingerprint density at radius 1 is 1.37 bits per heavy atom. The van der Waals surface area contributed by atoms with Crippen LogP contribution in [0.25, 0.3) is 5.52 Å². The fourth-order valence-electron chi connectivity index (χ4n) is 2.30. The summed E-state index contributed by atoms with van der Waals surface area (Å²) < 4.78 is 1.88. The van der Waals surface area contributed by atoms with E-state index in [-0.39, 0.29) is 6.04 Å². The summed E-state index contributed by atoms with van der Waals surface area (Å²) in [6.45, 7) is 0. The number of hydrazine groups is 1. The van der Waals surface area contributed by atoms with E-state index in [1.54, 1.807) is 11.3 Å². The Bertz CT molecular complexity index is 644. The standard InChI is InChI=1S/C14H16N4S/c15-17-13(5-4-11-6-8-19-10-11)12-9-16-18-7-2-1-3-14(12)18/h1-3,6-10,13,17H,4-5,15H2. The summed E-state index contributed by atoms with van der Waals surface area (Å²) >= 11 is 1.73. The zero-order chi connectivity index (χ0) is 13.1. The molecule has 0 amide bonds. The van der Waals surface area contributed by atoms with Crippen LogP contribution >= 0.6 is 11.3 Å². The number of fused-ring (bicyclic) bond motifs is 1. The monoisotopic (exact) mass is 272 g/mol. The third-order valence-electron chi connectivity index (χ3n) is 3.33. The number of thiophene rings is 1. The van der Waals surface area contributed by atoms with Crippen LogP contribution in [-0.2, 0) is 6.42 Å². The van der Waals surface area contributed by atoms with E-state index in [0.29, 0.717) is 0 Å². The average molecular weight is 272 g/mol. The largest absolute Gasteiger partial charge is 0.271 e. The van der Waals surface area contributed by atoms with Crippen molar-refractivity contribution in [3.8, 4) is 0 Å². The van der Waals surface area contributed by atoms with Gasteiger partial charge in [0.05, 0.1) is 17.8 Å². The molecule has 3 N–H and O–H groups in total. The first-order valence-corrected chi connectivity index (χ1v) is 7.22. The van der Waals surface area contributed by atoms with Crippen LogP contribution in [0.15, 0.2) is 47.4 Å². The van der Waals surface area contributed by atoms with Gasteiger partial charge in [0, 0.05) is 11.8 Å². The van der Waals surface area contributed by atoms with Crippen LogP contribution < -0.4 is 11.3 Å². The number of pyridine rings is 1. The molecule has 0 spiro atoms. The van der Waals surface area contributed by atoms with Crippen molar-refractivity contribution in [1.29, 1.82) is 0 Å². The lowest BCUT2D eigenvalue weighted by molar-refractivity contribution is 0.520. The highest BCUT2D eigenvalue weighted by atomic mass is 32.1. The molecule has 0 aliphatic heterocycles. The molecule has 0 saturated carbocycles. The Kier molecular flexibility index (Phi) is 3.59. The molecule has 98 valence electrons. The minimum atomic E-state index is 0.125. The van der Waals surface area contributed by atoms with Crippen LogP contribution in [0.5, 0.6) is 0 Å². The highest BCUT2D eigenvalue weighted by molar-refractivity contribution is 7.07. The second kappa shape index (κ2) is 5.52. The summed E-state index contributed by atoms with van der Waals surface area (Å²) in [6, 6.07) is 8.35. The molecule has 0 bridgehead atoms. The third kappa shape index (κ3) is 2.53. The first-order chi connectivity index (χ1) is 9.38. The zero-order valence-corrected chi connectivity index (χ0v) is 11.3. The molecule has 0 aliphatic rings. The highest BCUT2D eigenvalue weighted by Crippen LogP contribution is 2.23. The molecule has 1 unspecified atom stereocenters. The molecule has 3 heterocycles.